The third-order valence-corrected chi connectivity index (χ3v) is 6.14. The van der Waals surface area contributed by atoms with Crippen LogP contribution in [0.1, 0.15) is 156 Å². The Morgan fingerprint density at radius 3 is 1.43 bits per heavy atom. The van der Waals surface area contributed by atoms with E-state index in [1.807, 2.05) is 6.92 Å². The predicted molar refractivity (Wildman–Crippen MR) is 133 cm³/mol. The Bertz CT molecular complexity index is 388. The molecule has 0 aromatic heterocycles. The van der Waals surface area contributed by atoms with Crippen molar-refractivity contribution in [3.8, 4) is 0 Å². The zero-order valence-corrected chi connectivity index (χ0v) is 21.0. The van der Waals surface area contributed by atoms with Crippen LogP contribution in [0.4, 0.5) is 0 Å². The summed E-state index contributed by atoms with van der Waals surface area (Å²) in [6, 6.07) is 0. The van der Waals surface area contributed by atoms with E-state index in [9.17, 15) is 4.79 Å². The van der Waals surface area contributed by atoms with E-state index >= 15 is 0 Å². The predicted octanol–water partition coefficient (Wildman–Crippen LogP) is 9.71. The van der Waals surface area contributed by atoms with Crippen molar-refractivity contribution in [1.29, 1.82) is 0 Å². The summed E-state index contributed by atoms with van der Waals surface area (Å²) >= 11 is 0. The first-order chi connectivity index (χ1) is 14.6. The quantitative estimate of drug-likeness (QED) is 0.0930. The van der Waals surface area contributed by atoms with Gasteiger partial charge in [0.2, 0.25) is 0 Å². The molecule has 0 N–H and O–H groups in total. The van der Waals surface area contributed by atoms with Crippen LogP contribution < -0.4 is 0 Å². The lowest BCUT2D eigenvalue weighted by Gasteiger charge is -2.14. The molecule has 2 heteroatoms. The number of rotatable bonds is 23. The van der Waals surface area contributed by atoms with Crippen LogP contribution in [0.15, 0.2) is 12.2 Å². The van der Waals surface area contributed by atoms with Crippen LogP contribution in [0, 0.1) is 0 Å². The maximum absolute atomic E-state index is 12.2. The van der Waals surface area contributed by atoms with Gasteiger partial charge >= 0.3 is 5.97 Å². The number of carbonyl (C=O) groups is 1. The van der Waals surface area contributed by atoms with Gasteiger partial charge in [-0.3, -0.25) is 0 Å². The van der Waals surface area contributed by atoms with Crippen LogP contribution in [-0.2, 0) is 9.53 Å². The molecule has 1 atom stereocenters. The lowest BCUT2D eigenvalue weighted by atomic mass is 10.0. The maximum atomic E-state index is 12.2. The molecule has 0 aliphatic carbocycles. The molecule has 0 heterocycles. The summed E-state index contributed by atoms with van der Waals surface area (Å²) in [5.41, 5.74) is 0.660. The highest BCUT2D eigenvalue weighted by molar-refractivity contribution is 5.87. The number of hydrogen-bond donors (Lipinski definition) is 0. The number of ether oxygens (including phenoxy) is 1. The zero-order valence-electron chi connectivity index (χ0n) is 21.0. The minimum absolute atomic E-state index is 0.0204. The Morgan fingerprint density at radius 1 is 0.633 bits per heavy atom. The first kappa shape index (κ1) is 29.2. The van der Waals surface area contributed by atoms with Crippen LogP contribution in [0.5, 0.6) is 0 Å². The molecule has 0 aliphatic rings. The molecule has 0 amide bonds. The summed E-state index contributed by atoms with van der Waals surface area (Å²) in [6.07, 6.45) is 27.0. The maximum Gasteiger partial charge on any atom is 0.333 e. The van der Waals surface area contributed by atoms with Crippen LogP contribution in [-0.4, -0.2) is 12.1 Å². The van der Waals surface area contributed by atoms with E-state index in [0.29, 0.717) is 5.57 Å². The van der Waals surface area contributed by atoms with E-state index in [1.54, 1.807) is 0 Å². The Morgan fingerprint density at radius 2 is 1.00 bits per heavy atom. The molecule has 0 radical (unpaired) electrons. The first-order valence-electron chi connectivity index (χ1n) is 13.5. The van der Waals surface area contributed by atoms with Gasteiger partial charge in [0.1, 0.15) is 0 Å². The highest BCUT2D eigenvalue weighted by atomic mass is 16.5. The van der Waals surface area contributed by atoms with E-state index < -0.39 is 0 Å². The molecule has 0 rings (SSSR count). The molecule has 0 saturated heterocycles. The number of carbonyl (C=O) groups excluding carboxylic acids is 1. The summed E-state index contributed by atoms with van der Waals surface area (Å²) in [6.45, 7) is 10.5. The van der Waals surface area contributed by atoms with Crippen LogP contribution in [0.2, 0.25) is 0 Å². The molecule has 1 unspecified atom stereocenters. The van der Waals surface area contributed by atoms with E-state index in [2.05, 4.69) is 20.4 Å². The monoisotopic (exact) mass is 422 g/mol. The Balaban J connectivity index is 3.45. The van der Waals surface area contributed by atoms with Crippen molar-refractivity contribution in [1.82, 2.24) is 0 Å². The number of esters is 1. The fraction of sp³-hybridized carbons (Fsp3) is 0.893. The van der Waals surface area contributed by atoms with Gasteiger partial charge in [0.25, 0.3) is 0 Å². The SMILES string of the molecule is C=C(CCCCCCCCCCCCCCC)C(=O)OC(C)CCCCCCCC. The molecular weight excluding hydrogens is 368 g/mol. The highest BCUT2D eigenvalue weighted by Crippen LogP contribution is 2.16. The van der Waals surface area contributed by atoms with Crippen LogP contribution >= 0.6 is 0 Å². The summed E-state index contributed by atoms with van der Waals surface area (Å²) in [7, 11) is 0. The standard InChI is InChI=1S/C28H54O2/c1-5-7-9-11-13-14-15-16-17-18-19-20-22-24-26(3)28(29)30-27(4)25-23-21-12-10-8-6-2/h27H,3,5-25H2,1-2,4H3. The van der Waals surface area contributed by atoms with Gasteiger partial charge in [0.05, 0.1) is 6.10 Å². The molecule has 0 fully saturated rings. The van der Waals surface area contributed by atoms with Crippen LogP contribution in [0.25, 0.3) is 0 Å². The number of unbranched alkanes of at least 4 members (excludes halogenated alkanes) is 17. The number of hydrogen-bond acceptors (Lipinski definition) is 2. The van der Waals surface area contributed by atoms with Gasteiger partial charge in [0, 0.05) is 5.57 Å². The normalized spacial score (nSPS) is 12.1. The third kappa shape index (κ3) is 20.5. The fourth-order valence-corrected chi connectivity index (χ4v) is 4.00. The molecular formula is C28H54O2. The molecule has 0 spiro atoms. The summed E-state index contributed by atoms with van der Waals surface area (Å²) in [5, 5.41) is 0. The molecule has 0 aliphatic heterocycles. The molecule has 0 aromatic rings. The van der Waals surface area contributed by atoms with Gasteiger partial charge in [0.15, 0.2) is 0 Å². The van der Waals surface area contributed by atoms with Crippen LogP contribution in [0.3, 0.4) is 0 Å². The van der Waals surface area contributed by atoms with E-state index in [1.165, 1.54) is 109 Å². The molecule has 0 aromatic carbocycles. The van der Waals surface area contributed by atoms with E-state index in [-0.39, 0.29) is 12.1 Å². The molecule has 30 heavy (non-hydrogen) atoms. The Kier molecular flexibility index (Phi) is 22.3. The van der Waals surface area contributed by atoms with Gasteiger partial charge in [-0.1, -0.05) is 130 Å². The van der Waals surface area contributed by atoms with Gasteiger partial charge in [-0.15, -0.1) is 0 Å². The summed E-state index contributed by atoms with van der Waals surface area (Å²) < 4.78 is 5.57. The van der Waals surface area contributed by atoms with Crippen molar-refractivity contribution < 1.29 is 9.53 Å². The zero-order chi connectivity index (χ0) is 22.3. The smallest absolute Gasteiger partial charge is 0.333 e. The largest absolute Gasteiger partial charge is 0.459 e. The lowest BCUT2D eigenvalue weighted by molar-refractivity contribution is -0.143. The second-order valence-corrected chi connectivity index (χ2v) is 9.37. The topological polar surface area (TPSA) is 26.3 Å². The van der Waals surface area contributed by atoms with Crippen molar-refractivity contribution in [3.63, 3.8) is 0 Å². The first-order valence-corrected chi connectivity index (χ1v) is 13.5. The Hall–Kier alpha value is -0.790. The molecule has 0 saturated carbocycles. The van der Waals surface area contributed by atoms with Crippen molar-refractivity contribution in [3.05, 3.63) is 12.2 Å². The van der Waals surface area contributed by atoms with Crippen molar-refractivity contribution in [2.75, 3.05) is 0 Å². The summed E-state index contributed by atoms with van der Waals surface area (Å²) in [4.78, 5) is 12.2. The minimum Gasteiger partial charge on any atom is -0.459 e. The third-order valence-electron chi connectivity index (χ3n) is 6.14. The van der Waals surface area contributed by atoms with Crippen molar-refractivity contribution >= 4 is 5.97 Å². The molecule has 0 bridgehead atoms. The van der Waals surface area contributed by atoms with Gasteiger partial charge in [-0.2, -0.15) is 0 Å². The van der Waals surface area contributed by atoms with Gasteiger partial charge in [-0.25, -0.2) is 4.79 Å². The van der Waals surface area contributed by atoms with E-state index in [4.69, 9.17) is 4.74 Å². The highest BCUT2D eigenvalue weighted by Gasteiger charge is 2.12. The van der Waals surface area contributed by atoms with Gasteiger partial charge in [-0.05, 0) is 32.6 Å². The average Bonchev–Trinajstić information content (AvgIpc) is 2.73. The van der Waals surface area contributed by atoms with Crippen molar-refractivity contribution in [2.45, 2.75) is 162 Å². The minimum atomic E-state index is -0.174. The average molecular weight is 423 g/mol. The second-order valence-electron chi connectivity index (χ2n) is 9.37. The van der Waals surface area contributed by atoms with Crippen molar-refractivity contribution in [2.24, 2.45) is 0 Å². The van der Waals surface area contributed by atoms with Gasteiger partial charge < -0.3 is 4.74 Å². The summed E-state index contributed by atoms with van der Waals surface area (Å²) in [5.74, 6) is -0.174. The molecule has 2 nitrogen and oxygen atoms in total. The Labute approximate surface area is 189 Å². The lowest BCUT2D eigenvalue weighted by Crippen LogP contribution is -2.16. The second kappa shape index (κ2) is 22.9. The molecule has 178 valence electrons. The fourth-order valence-electron chi connectivity index (χ4n) is 4.00. The van der Waals surface area contributed by atoms with E-state index in [0.717, 1.165) is 25.7 Å².